The van der Waals surface area contributed by atoms with Crippen LogP contribution in [0.5, 0.6) is 0 Å². The standard InChI is InChI=1S/C18H23N/c1-13-7-10-18(14(13)2)19-12-15-8-9-16-5-3-4-6-17(16)11-15/h3-6,8-9,11,13-14,18-19H,7,10,12H2,1-2H3. The molecule has 3 atom stereocenters. The van der Waals surface area contributed by atoms with Gasteiger partial charge in [-0.15, -0.1) is 0 Å². The van der Waals surface area contributed by atoms with Gasteiger partial charge in [0.1, 0.15) is 0 Å². The fraction of sp³-hybridized carbons (Fsp3) is 0.444. The van der Waals surface area contributed by atoms with E-state index < -0.39 is 0 Å². The van der Waals surface area contributed by atoms with Crippen LogP contribution in [0, 0.1) is 11.8 Å². The van der Waals surface area contributed by atoms with Crippen LogP contribution < -0.4 is 5.32 Å². The van der Waals surface area contributed by atoms with Crippen molar-refractivity contribution >= 4 is 10.8 Å². The zero-order chi connectivity index (χ0) is 13.2. The van der Waals surface area contributed by atoms with E-state index in [1.54, 1.807) is 0 Å². The predicted octanol–water partition coefficient (Wildman–Crippen LogP) is 4.36. The summed E-state index contributed by atoms with van der Waals surface area (Å²) < 4.78 is 0. The van der Waals surface area contributed by atoms with Crippen molar-refractivity contribution in [3.05, 3.63) is 48.0 Å². The molecule has 1 aliphatic rings. The van der Waals surface area contributed by atoms with Gasteiger partial charge in [-0.3, -0.25) is 0 Å². The molecular weight excluding hydrogens is 230 g/mol. The molecule has 0 aromatic heterocycles. The monoisotopic (exact) mass is 253 g/mol. The van der Waals surface area contributed by atoms with Crippen LogP contribution in [0.1, 0.15) is 32.3 Å². The largest absolute Gasteiger partial charge is 0.310 e. The fourth-order valence-electron chi connectivity index (χ4n) is 3.25. The van der Waals surface area contributed by atoms with Crippen LogP contribution in [0.2, 0.25) is 0 Å². The topological polar surface area (TPSA) is 12.0 Å². The third kappa shape index (κ3) is 2.66. The molecule has 2 aromatic rings. The first-order valence-corrected chi connectivity index (χ1v) is 7.45. The van der Waals surface area contributed by atoms with Crippen molar-refractivity contribution in [3.63, 3.8) is 0 Å². The van der Waals surface area contributed by atoms with Crippen LogP contribution in [-0.2, 0) is 6.54 Å². The van der Waals surface area contributed by atoms with E-state index in [0.29, 0.717) is 6.04 Å². The summed E-state index contributed by atoms with van der Waals surface area (Å²) in [6.07, 6.45) is 2.70. The molecule has 0 aliphatic heterocycles. The lowest BCUT2D eigenvalue weighted by atomic mass is 9.97. The van der Waals surface area contributed by atoms with E-state index in [0.717, 1.165) is 18.4 Å². The number of nitrogens with one attached hydrogen (secondary N) is 1. The first-order valence-electron chi connectivity index (χ1n) is 7.45. The van der Waals surface area contributed by atoms with E-state index >= 15 is 0 Å². The molecule has 0 spiro atoms. The van der Waals surface area contributed by atoms with Crippen LogP contribution in [0.15, 0.2) is 42.5 Å². The molecule has 1 heteroatoms. The van der Waals surface area contributed by atoms with Crippen molar-refractivity contribution in [1.82, 2.24) is 5.32 Å². The van der Waals surface area contributed by atoms with Crippen molar-refractivity contribution in [3.8, 4) is 0 Å². The molecule has 1 N–H and O–H groups in total. The van der Waals surface area contributed by atoms with E-state index in [-0.39, 0.29) is 0 Å². The summed E-state index contributed by atoms with van der Waals surface area (Å²) in [5.41, 5.74) is 1.39. The molecule has 1 aliphatic carbocycles. The van der Waals surface area contributed by atoms with E-state index in [2.05, 4.69) is 61.6 Å². The molecule has 3 unspecified atom stereocenters. The summed E-state index contributed by atoms with van der Waals surface area (Å²) in [5.74, 6) is 1.68. The van der Waals surface area contributed by atoms with E-state index in [1.165, 1.54) is 29.2 Å². The van der Waals surface area contributed by atoms with Gasteiger partial charge in [-0.05, 0) is 47.1 Å². The van der Waals surface area contributed by atoms with Gasteiger partial charge in [0, 0.05) is 12.6 Å². The quantitative estimate of drug-likeness (QED) is 0.856. The Labute approximate surface area is 116 Å². The highest BCUT2D eigenvalue weighted by Gasteiger charge is 2.28. The molecule has 0 amide bonds. The third-order valence-corrected chi connectivity index (χ3v) is 4.85. The summed E-state index contributed by atoms with van der Waals surface area (Å²) in [6.45, 7) is 5.75. The van der Waals surface area contributed by atoms with Crippen LogP contribution in [0.3, 0.4) is 0 Å². The summed E-state index contributed by atoms with van der Waals surface area (Å²) in [7, 11) is 0. The molecule has 1 fully saturated rings. The molecule has 19 heavy (non-hydrogen) atoms. The van der Waals surface area contributed by atoms with Crippen LogP contribution in [0.4, 0.5) is 0 Å². The minimum absolute atomic E-state index is 0.696. The van der Waals surface area contributed by atoms with Crippen molar-refractivity contribution in [2.75, 3.05) is 0 Å². The first kappa shape index (κ1) is 12.7. The second-order valence-electron chi connectivity index (χ2n) is 6.08. The molecule has 100 valence electrons. The second kappa shape index (κ2) is 5.34. The normalized spacial score (nSPS) is 26.9. The number of hydrogen-bond donors (Lipinski definition) is 1. The second-order valence-corrected chi connectivity index (χ2v) is 6.08. The summed E-state index contributed by atoms with van der Waals surface area (Å²) in [5, 5.41) is 6.41. The van der Waals surface area contributed by atoms with E-state index in [1.807, 2.05) is 0 Å². The first-order chi connectivity index (χ1) is 9.24. The van der Waals surface area contributed by atoms with Gasteiger partial charge < -0.3 is 5.32 Å². The Kier molecular flexibility index (Phi) is 3.56. The number of hydrogen-bond acceptors (Lipinski definition) is 1. The lowest BCUT2D eigenvalue weighted by Crippen LogP contribution is -2.31. The summed E-state index contributed by atoms with van der Waals surface area (Å²) in [4.78, 5) is 0. The minimum Gasteiger partial charge on any atom is -0.310 e. The average molecular weight is 253 g/mol. The molecule has 3 rings (SSSR count). The van der Waals surface area contributed by atoms with Gasteiger partial charge in [-0.2, -0.15) is 0 Å². The highest BCUT2D eigenvalue weighted by molar-refractivity contribution is 5.82. The molecule has 0 heterocycles. The predicted molar refractivity (Wildman–Crippen MR) is 82.1 cm³/mol. The maximum absolute atomic E-state index is 3.74. The third-order valence-electron chi connectivity index (χ3n) is 4.85. The molecule has 0 bridgehead atoms. The molecule has 1 nitrogen and oxygen atoms in total. The van der Waals surface area contributed by atoms with Gasteiger partial charge in [0.15, 0.2) is 0 Å². The fourth-order valence-corrected chi connectivity index (χ4v) is 3.25. The van der Waals surface area contributed by atoms with Crippen molar-refractivity contribution in [1.29, 1.82) is 0 Å². The smallest absolute Gasteiger partial charge is 0.0208 e. The Morgan fingerprint density at radius 2 is 1.79 bits per heavy atom. The molecule has 0 radical (unpaired) electrons. The molecule has 1 saturated carbocycles. The minimum atomic E-state index is 0.696. The van der Waals surface area contributed by atoms with Gasteiger partial charge in [0.25, 0.3) is 0 Å². The number of fused-ring (bicyclic) bond motifs is 1. The van der Waals surface area contributed by atoms with Crippen molar-refractivity contribution < 1.29 is 0 Å². The average Bonchev–Trinajstić information content (AvgIpc) is 2.76. The Bertz CT molecular complexity index is 560. The maximum Gasteiger partial charge on any atom is 0.0208 e. The molecule has 2 aromatic carbocycles. The van der Waals surface area contributed by atoms with Gasteiger partial charge in [-0.25, -0.2) is 0 Å². The summed E-state index contributed by atoms with van der Waals surface area (Å²) >= 11 is 0. The van der Waals surface area contributed by atoms with E-state index in [9.17, 15) is 0 Å². The Balaban J connectivity index is 1.68. The Hall–Kier alpha value is -1.34. The van der Waals surface area contributed by atoms with Crippen LogP contribution in [0.25, 0.3) is 10.8 Å². The highest BCUT2D eigenvalue weighted by atomic mass is 14.9. The maximum atomic E-state index is 3.74. The SMILES string of the molecule is CC1CCC(NCc2ccc3ccccc3c2)C1C. The van der Waals surface area contributed by atoms with Gasteiger partial charge in [0.2, 0.25) is 0 Å². The zero-order valence-corrected chi connectivity index (χ0v) is 11.9. The zero-order valence-electron chi connectivity index (χ0n) is 11.9. The van der Waals surface area contributed by atoms with Gasteiger partial charge >= 0.3 is 0 Å². The summed E-state index contributed by atoms with van der Waals surface area (Å²) in [6, 6.07) is 16.1. The molecular formula is C18H23N. The Morgan fingerprint density at radius 3 is 2.53 bits per heavy atom. The van der Waals surface area contributed by atoms with E-state index in [4.69, 9.17) is 0 Å². The molecule has 0 saturated heterocycles. The lowest BCUT2D eigenvalue weighted by molar-refractivity contribution is 0.370. The Morgan fingerprint density at radius 1 is 1.00 bits per heavy atom. The van der Waals surface area contributed by atoms with Gasteiger partial charge in [-0.1, -0.05) is 50.2 Å². The van der Waals surface area contributed by atoms with Crippen LogP contribution >= 0.6 is 0 Å². The van der Waals surface area contributed by atoms with Gasteiger partial charge in [0.05, 0.1) is 0 Å². The highest BCUT2D eigenvalue weighted by Crippen LogP contribution is 2.31. The van der Waals surface area contributed by atoms with Crippen LogP contribution in [-0.4, -0.2) is 6.04 Å². The van der Waals surface area contributed by atoms with Crippen molar-refractivity contribution in [2.24, 2.45) is 11.8 Å². The number of benzene rings is 2. The lowest BCUT2D eigenvalue weighted by Gasteiger charge is -2.19. The van der Waals surface area contributed by atoms with Crippen molar-refractivity contribution in [2.45, 2.75) is 39.3 Å². The number of rotatable bonds is 3.